The Morgan fingerprint density at radius 1 is 1.18 bits per heavy atom. The van der Waals surface area contributed by atoms with Crippen molar-refractivity contribution >= 4 is 66.3 Å². The molecule has 2 aliphatic rings. The minimum Gasteiger partial charge on any atom is -0.394 e. The van der Waals surface area contributed by atoms with Gasteiger partial charge in [-0.2, -0.15) is 4.98 Å². The highest BCUT2D eigenvalue weighted by atomic mass is 32.7. The molecule has 0 spiro atoms. The molecule has 4 aromatic heterocycles. The lowest BCUT2D eigenvalue weighted by Gasteiger charge is -2.25. The molecular formula is C20H23FN9O10P2S2+. The number of H-pyrrole nitrogens is 2. The highest BCUT2D eigenvalue weighted by Crippen LogP contribution is 2.51. The molecule has 0 aromatic carbocycles. The first-order valence-corrected chi connectivity index (χ1v) is 17.5. The largest absolute Gasteiger partial charge is 0.582 e. The molecule has 0 radical (unpaired) electrons. The van der Waals surface area contributed by atoms with Crippen LogP contribution in [0.2, 0.25) is 0 Å². The SMILES string of the molecule is Nc1nc2c(ncn2[C@@H]2O[C@H](CO)C[C@H]2OP(O)(=S)OC[C@H]2O[C@@H](n3cnc4c(=O)[nH]cnc43)[C@@H](F)[C@@H]2O[P+](=O)S)c(=O)[nH]1. The number of nitrogens with one attached hydrogen (secondary N) is 2. The number of hydrogen-bond acceptors (Lipinski definition) is 15. The van der Waals surface area contributed by atoms with Crippen LogP contribution < -0.4 is 16.9 Å². The maximum Gasteiger partial charge on any atom is 0.582 e. The van der Waals surface area contributed by atoms with Crippen molar-refractivity contribution in [3.05, 3.63) is 39.7 Å². The summed E-state index contributed by atoms with van der Waals surface area (Å²) in [6, 6.07) is 0. The molecule has 9 atom stereocenters. The standard InChI is InChI=1S/C20H22FN9O10P2S2/c21-10-13(39-41(34)43)9(38-19(10)29-5-25-11-14(29)23-4-24-16(11)32)3-36-42(35,44)40-8-1-7(2-31)37-18(8)30-6-26-12-15(30)27-20(22)28-17(12)33/h4-10,13,18-19,31H,1-3H2,(H5-,22,23,24,27,28,32,33,34,35,43,44)/p+1/t7-,8+,9+,10-,13+,18+,19+,42?/m0/s1. The number of aromatic amines is 2. The molecule has 2 aliphatic heterocycles. The van der Waals surface area contributed by atoms with Crippen LogP contribution in [0.15, 0.2) is 28.6 Å². The lowest BCUT2D eigenvalue weighted by Crippen LogP contribution is -2.32. The van der Waals surface area contributed by atoms with E-state index in [0.29, 0.717) is 0 Å². The average molecular weight is 695 g/mol. The summed E-state index contributed by atoms with van der Waals surface area (Å²) in [5.41, 5.74) is 4.49. The van der Waals surface area contributed by atoms with Gasteiger partial charge in [0, 0.05) is 6.42 Å². The second kappa shape index (κ2) is 12.2. The number of nitrogens with zero attached hydrogens (tertiary/aromatic N) is 6. The zero-order valence-corrected chi connectivity index (χ0v) is 25.4. The second-order valence-corrected chi connectivity index (χ2v) is 14.1. The van der Waals surface area contributed by atoms with Gasteiger partial charge in [-0.05, 0) is 16.4 Å². The van der Waals surface area contributed by atoms with E-state index in [1.165, 1.54) is 15.5 Å². The Hall–Kier alpha value is -2.75. The number of nitrogen functional groups attached to an aromatic ring is 1. The number of nitrogens with two attached hydrogens (primary N) is 1. The molecule has 0 saturated carbocycles. The van der Waals surface area contributed by atoms with Gasteiger partial charge >= 0.3 is 13.9 Å². The number of rotatable bonds is 10. The number of fused-ring (bicyclic) bond motifs is 2. The summed E-state index contributed by atoms with van der Waals surface area (Å²) < 4.78 is 58.0. The Bertz CT molecular complexity index is 1890. The molecule has 2 fully saturated rings. The van der Waals surface area contributed by atoms with Gasteiger partial charge in [0.2, 0.25) is 5.95 Å². The third-order valence-electron chi connectivity index (χ3n) is 6.86. The van der Waals surface area contributed by atoms with Gasteiger partial charge in [-0.25, -0.2) is 19.3 Å². The first-order chi connectivity index (χ1) is 21.0. The van der Waals surface area contributed by atoms with Gasteiger partial charge in [-0.1, -0.05) is 0 Å². The number of aliphatic hydroxyl groups is 1. The number of imidazole rings is 2. The molecule has 19 nitrogen and oxygen atoms in total. The Kier molecular flexibility index (Phi) is 8.67. The maximum absolute atomic E-state index is 15.6. The van der Waals surface area contributed by atoms with Crippen molar-refractivity contribution in [3.8, 4) is 0 Å². The van der Waals surface area contributed by atoms with Gasteiger partial charge in [0.15, 0.2) is 47.1 Å². The van der Waals surface area contributed by atoms with Crippen LogP contribution in [0.5, 0.6) is 0 Å². The second-order valence-electron chi connectivity index (χ2n) is 9.62. The van der Waals surface area contributed by atoms with Crippen LogP contribution in [-0.4, -0.2) is 92.8 Å². The lowest BCUT2D eigenvalue weighted by atomic mass is 10.1. The van der Waals surface area contributed by atoms with Gasteiger partial charge in [-0.3, -0.25) is 23.7 Å². The van der Waals surface area contributed by atoms with E-state index < -0.39 is 81.3 Å². The number of thiol groups is 1. The van der Waals surface area contributed by atoms with Gasteiger partial charge in [0.1, 0.15) is 24.5 Å². The number of anilines is 1. The van der Waals surface area contributed by atoms with Crippen molar-refractivity contribution in [3.63, 3.8) is 0 Å². The molecule has 6 N–H and O–H groups in total. The number of halogens is 1. The summed E-state index contributed by atoms with van der Waals surface area (Å²) >= 11 is 8.93. The quantitative estimate of drug-likeness (QED) is 0.0939. The van der Waals surface area contributed by atoms with Gasteiger partial charge < -0.3 is 39.2 Å². The number of aromatic nitrogens is 8. The molecule has 0 bridgehead atoms. The van der Waals surface area contributed by atoms with Crippen LogP contribution in [-0.2, 0) is 39.4 Å². The summed E-state index contributed by atoms with van der Waals surface area (Å²) in [6.45, 7) is -5.15. The first kappa shape index (κ1) is 31.2. The number of hydrogen-bond donors (Lipinski definition) is 6. The Morgan fingerprint density at radius 2 is 1.89 bits per heavy atom. The number of aliphatic hydroxyl groups excluding tert-OH is 1. The van der Waals surface area contributed by atoms with Crippen molar-refractivity contribution < 1.29 is 42.0 Å². The zero-order valence-electron chi connectivity index (χ0n) is 21.9. The molecule has 24 heteroatoms. The molecule has 4 aromatic rings. The first-order valence-electron chi connectivity index (χ1n) is 12.6. The van der Waals surface area contributed by atoms with Crippen molar-refractivity contribution in [2.75, 3.05) is 18.9 Å². The highest BCUT2D eigenvalue weighted by molar-refractivity contribution is 8.39. The summed E-state index contributed by atoms with van der Waals surface area (Å²) in [7, 11) is -2.61. The average Bonchev–Trinajstić information content (AvgIpc) is 3.73. The van der Waals surface area contributed by atoms with Crippen LogP contribution in [0.1, 0.15) is 18.9 Å². The van der Waals surface area contributed by atoms with Gasteiger partial charge in [0.05, 0.1) is 38.3 Å². The van der Waals surface area contributed by atoms with Crippen molar-refractivity contribution in [1.29, 1.82) is 0 Å². The summed E-state index contributed by atoms with van der Waals surface area (Å²) in [6.07, 6.45) is -5.51. The maximum atomic E-state index is 15.6. The van der Waals surface area contributed by atoms with E-state index >= 15 is 4.39 Å². The fourth-order valence-corrected chi connectivity index (χ4v) is 7.23. The van der Waals surface area contributed by atoms with E-state index in [-0.39, 0.29) is 34.7 Å². The molecule has 2 saturated heterocycles. The monoisotopic (exact) mass is 694 g/mol. The molecule has 44 heavy (non-hydrogen) atoms. The minimum absolute atomic E-state index is 0.0172. The van der Waals surface area contributed by atoms with E-state index in [1.807, 2.05) is 0 Å². The third-order valence-corrected chi connectivity index (χ3v) is 9.16. The van der Waals surface area contributed by atoms with Crippen molar-refractivity contribution in [2.45, 2.75) is 49.5 Å². The normalized spacial score (nSPS) is 29.0. The number of ether oxygens (including phenoxy) is 2. The molecule has 236 valence electrons. The van der Waals surface area contributed by atoms with Crippen molar-refractivity contribution in [1.82, 2.24) is 39.0 Å². The smallest absolute Gasteiger partial charge is 0.394 e. The van der Waals surface area contributed by atoms with Crippen molar-refractivity contribution in [2.24, 2.45) is 0 Å². The van der Waals surface area contributed by atoms with Gasteiger partial charge in [-0.15, -0.1) is 4.52 Å². The fraction of sp³-hybridized carbons (Fsp3) is 0.500. The third kappa shape index (κ3) is 5.95. The Labute approximate surface area is 255 Å². The molecule has 6 heterocycles. The minimum atomic E-state index is -4.16. The molecule has 6 rings (SSSR count). The topological polar surface area (TPSA) is 257 Å². The van der Waals surface area contributed by atoms with Crippen LogP contribution in [0.3, 0.4) is 0 Å². The molecule has 0 amide bonds. The summed E-state index contributed by atoms with van der Waals surface area (Å²) in [5.74, 6) is -0.180. The molecule has 0 aliphatic carbocycles. The molecular weight excluding hydrogens is 671 g/mol. The van der Waals surface area contributed by atoms with Gasteiger partial charge in [0.25, 0.3) is 11.1 Å². The zero-order chi connectivity index (χ0) is 31.3. The van der Waals surface area contributed by atoms with E-state index in [1.54, 1.807) is 0 Å². The molecule has 2 unspecified atom stereocenters. The Morgan fingerprint density at radius 3 is 2.59 bits per heavy atom. The van der Waals surface area contributed by atoms with Crippen LogP contribution in [0.25, 0.3) is 22.3 Å². The predicted molar refractivity (Wildman–Crippen MR) is 154 cm³/mol. The Balaban J connectivity index is 1.21. The van der Waals surface area contributed by atoms with Crippen LogP contribution in [0.4, 0.5) is 10.3 Å². The lowest BCUT2D eigenvalue weighted by molar-refractivity contribution is -0.0538. The summed E-state index contributed by atoms with van der Waals surface area (Å²) in [4.78, 5) is 56.0. The van der Waals surface area contributed by atoms with E-state index in [4.69, 9.17) is 40.6 Å². The van der Waals surface area contributed by atoms with Crippen LogP contribution in [0, 0.1) is 0 Å². The summed E-state index contributed by atoms with van der Waals surface area (Å²) in [5, 5.41) is 9.72. The van der Waals surface area contributed by atoms with Crippen LogP contribution >= 0.6 is 26.2 Å². The van der Waals surface area contributed by atoms with E-state index in [0.717, 1.165) is 12.7 Å². The van der Waals surface area contributed by atoms with E-state index in [9.17, 15) is 24.2 Å². The fourth-order valence-electron chi connectivity index (χ4n) is 5.00. The highest BCUT2D eigenvalue weighted by Gasteiger charge is 2.52. The predicted octanol–water partition coefficient (Wildman–Crippen LogP) is -0.0587. The number of alkyl halides is 1. The van der Waals surface area contributed by atoms with E-state index in [2.05, 4.69) is 42.2 Å².